The molecule has 17 heavy (non-hydrogen) atoms. The molecule has 0 N–H and O–H groups in total. The summed E-state index contributed by atoms with van der Waals surface area (Å²) in [7, 11) is 0. The van der Waals surface area contributed by atoms with Crippen LogP contribution in [-0.4, -0.2) is 9.94 Å². The van der Waals surface area contributed by atoms with Crippen LogP contribution in [0.3, 0.4) is 0 Å². The van der Waals surface area contributed by atoms with E-state index < -0.39 is 5.60 Å². The third kappa shape index (κ3) is 2.80. The van der Waals surface area contributed by atoms with E-state index in [9.17, 15) is 0 Å². The Morgan fingerprint density at radius 2 is 1.82 bits per heavy atom. The van der Waals surface area contributed by atoms with E-state index in [0.717, 1.165) is 16.3 Å². The molecule has 1 heterocycles. The van der Waals surface area contributed by atoms with Crippen LogP contribution in [0.1, 0.15) is 25.1 Å². The van der Waals surface area contributed by atoms with E-state index >= 15 is 0 Å². The van der Waals surface area contributed by atoms with Crippen LogP contribution in [0.25, 0.3) is 0 Å². The lowest BCUT2D eigenvalue weighted by atomic mass is 9.99. The van der Waals surface area contributed by atoms with Crippen LogP contribution in [0.5, 0.6) is 0 Å². The second kappa shape index (κ2) is 4.41. The Morgan fingerprint density at radius 3 is 2.35 bits per heavy atom. The Kier molecular flexibility index (Phi) is 3.11. The van der Waals surface area contributed by atoms with E-state index in [-0.39, 0.29) is 0 Å². The number of hydrogen-bond acceptors (Lipinski definition) is 2. The predicted molar refractivity (Wildman–Crippen MR) is 68.0 cm³/mol. The zero-order valence-electron chi connectivity index (χ0n) is 10.1. The summed E-state index contributed by atoms with van der Waals surface area (Å²) in [6.07, 6.45) is 1.80. The van der Waals surface area contributed by atoms with Crippen LogP contribution in [-0.2, 0) is 5.60 Å². The lowest BCUT2D eigenvalue weighted by Gasteiger charge is -2.25. The fraction of sp³-hybridized carbons (Fsp3) is 0.308. The van der Waals surface area contributed by atoms with E-state index in [2.05, 4.69) is 5.10 Å². The Balaban J connectivity index is 2.21. The van der Waals surface area contributed by atoms with Crippen molar-refractivity contribution in [2.45, 2.75) is 26.4 Å². The van der Waals surface area contributed by atoms with Gasteiger partial charge in [0.15, 0.2) is 5.60 Å². The summed E-state index contributed by atoms with van der Waals surface area (Å²) in [4.78, 5) is 7.30. The van der Waals surface area contributed by atoms with Crippen molar-refractivity contribution in [2.24, 2.45) is 0 Å². The smallest absolute Gasteiger partial charge is 0.157 e. The molecule has 0 amide bonds. The molecule has 0 aliphatic rings. The monoisotopic (exact) mass is 250 g/mol. The Morgan fingerprint density at radius 1 is 1.18 bits per heavy atom. The van der Waals surface area contributed by atoms with Crippen LogP contribution < -0.4 is 4.84 Å². The summed E-state index contributed by atoms with van der Waals surface area (Å²) in [5.41, 5.74) is 1.52. The quantitative estimate of drug-likeness (QED) is 0.837. The minimum absolute atomic E-state index is 0.455. The van der Waals surface area contributed by atoms with E-state index in [1.54, 1.807) is 6.20 Å². The molecular formula is C13H15ClN2O. The molecule has 0 spiro atoms. The largest absolute Gasteiger partial charge is 0.386 e. The Labute approximate surface area is 106 Å². The fourth-order valence-corrected chi connectivity index (χ4v) is 1.71. The van der Waals surface area contributed by atoms with E-state index in [1.807, 2.05) is 51.1 Å². The minimum Gasteiger partial charge on any atom is -0.386 e. The van der Waals surface area contributed by atoms with Crippen LogP contribution in [0, 0.1) is 6.92 Å². The summed E-state index contributed by atoms with van der Waals surface area (Å²) in [6.45, 7) is 5.91. The third-order valence-electron chi connectivity index (χ3n) is 2.56. The first-order valence-corrected chi connectivity index (χ1v) is 5.83. The minimum atomic E-state index is -0.455. The van der Waals surface area contributed by atoms with E-state index in [1.165, 1.54) is 4.85 Å². The van der Waals surface area contributed by atoms with Gasteiger partial charge in [0.05, 0.1) is 11.9 Å². The van der Waals surface area contributed by atoms with Crippen molar-refractivity contribution in [1.82, 2.24) is 9.94 Å². The van der Waals surface area contributed by atoms with Crippen molar-refractivity contribution in [2.75, 3.05) is 0 Å². The number of hydrogen-bond donors (Lipinski definition) is 0. The van der Waals surface area contributed by atoms with Crippen LogP contribution >= 0.6 is 11.6 Å². The fourth-order valence-electron chi connectivity index (χ4n) is 1.58. The molecule has 0 atom stereocenters. The van der Waals surface area contributed by atoms with Crippen LogP contribution in [0.2, 0.25) is 5.02 Å². The van der Waals surface area contributed by atoms with Gasteiger partial charge in [-0.05, 0) is 44.5 Å². The Hall–Kier alpha value is -1.48. The molecule has 1 aromatic heterocycles. The molecule has 2 aromatic rings. The van der Waals surface area contributed by atoms with Crippen molar-refractivity contribution in [3.05, 3.63) is 52.8 Å². The van der Waals surface area contributed by atoms with Crippen LogP contribution in [0.15, 0.2) is 36.5 Å². The van der Waals surface area contributed by atoms with Gasteiger partial charge in [-0.25, -0.2) is 0 Å². The number of benzene rings is 1. The topological polar surface area (TPSA) is 27.1 Å². The van der Waals surface area contributed by atoms with Crippen molar-refractivity contribution in [3.8, 4) is 0 Å². The van der Waals surface area contributed by atoms with Gasteiger partial charge in [0.25, 0.3) is 0 Å². The van der Waals surface area contributed by atoms with Gasteiger partial charge in [0.1, 0.15) is 0 Å². The summed E-state index contributed by atoms with van der Waals surface area (Å²) in [6, 6.07) is 9.53. The second-order valence-corrected chi connectivity index (χ2v) is 4.90. The molecule has 3 nitrogen and oxygen atoms in total. The first-order chi connectivity index (χ1) is 7.97. The highest BCUT2D eigenvalue weighted by Gasteiger charge is 2.23. The van der Waals surface area contributed by atoms with E-state index in [4.69, 9.17) is 16.4 Å². The molecule has 4 heteroatoms. The van der Waals surface area contributed by atoms with Gasteiger partial charge in [-0.15, -0.1) is 9.94 Å². The van der Waals surface area contributed by atoms with Gasteiger partial charge in [-0.3, -0.25) is 0 Å². The molecule has 0 saturated heterocycles. The maximum Gasteiger partial charge on any atom is 0.157 e. The predicted octanol–water partition coefficient (Wildman–Crippen LogP) is 3.21. The zero-order valence-corrected chi connectivity index (χ0v) is 10.9. The van der Waals surface area contributed by atoms with Crippen LogP contribution in [0.4, 0.5) is 0 Å². The summed E-state index contributed by atoms with van der Waals surface area (Å²) in [5, 5.41) is 4.93. The lowest BCUT2D eigenvalue weighted by Crippen LogP contribution is -2.32. The Bertz CT molecular complexity index is 502. The maximum absolute atomic E-state index is 5.87. The van der Waals surface area contributed by atoms with Crippen molar-refractivity contribution >= 4 is 11.6 Å². The first kappa shape index (κ1) is 12.0. The zero-order chi connectivity index (χ0) is 12.5. The van der Waals surface area contributed by atoms with Gasteiger partial charge < -0.3 is 4.84 Å². The second-order valence-electron chi connectivity index (χ2n) is 4.47. The number of nitrogens with zero attached hydrogens (tertiary/aromatic N) is 2. The molecule has 0 fully saturated rings. The molecule has 2 rings (SSSR count). The summed E-state index contributed by atoms with van der Waals surface area (Å²) in [5.74, 6) is 0. The number of aromatic nitrogens is 2. The molecule has 0 aliphatic carbocycles. The molecular weight excluding hydrogens is 236 g/mol. The SMILES string of the molecule is Cc1ccn(OC(C)(C)c2ccc(Cl)cc2)n1. The lowest BCUT2D eigenvalue weighted by molar-refractivity contribution is -0.0507. The van der Waals surface area contributed by atoms with Gasteiger partial charge in [-0.1, -0.05) is 23.7 Å². The number of aryl methyl sites for hydroxylation is 1. The average molecular weight is 251 g/mol. The van der Waals surface area contributed by atoms with Gasteiger partial charge in [-0.2, -0.15) is 0 Å². The normalized spacial score (nSPS) is 11.5. The molecule has 0 radical (unpaired) electrons. The average Bonchev–Trinajstić information content (AvgIpc) is 2.63. The summed E-state index contributed by atoms with van der Waals surface area (Å²) < 4.78 is 0. The standard InChI is InChI=1S/C13H15ClN2O/c1-10-8-9-16(15-10)17-13(2,3)11-4-6-12(14)7-5-11/h4-9H,1-3H3. The van der Waals surface area contributed by atoms with Gasteiger partial charge in [0, 0.05) is 5.02 Å². The molecule has 90 valence electrons. The molecule has 0 aliphatic heterocycles. The van der Waals surface area contributed by atoms with E-state index in [0.29, 0.717) is 0 Å². The molecule has 0 bridgehead atoms. The molecule has 0 unspecified atom stereocenters. The highest BCUT2D eigenvalue weighted by Crippen LogP contribution is 2.23. The van der Waals surface area contributed by atoms with Crippen molar-refractivity contribution in [1.29, 1.82) is 0 Å². The van der Waals surface area contributed by atoms with Crippen molar-refractivity contribution < 1.29 is 4.84 Å². The maximum atomic E-state index is 5.87. The highest BCUT2D eigenvalue weighted by molar-refractivity contribution is 6.30. The first-order valence-electron chi connectivity index (χ1n) is 5.45. The molecule has 0 saturated carbocycles. The number of rotatable bonds is 3. The third-order valence-corrected chi connectivity index (χ3v) is 2.81. The van der Waals surface area contributed by atoms with Gasteiger partial charge in [0.2, 0.25) is 0 Å². The number of halogens is 1. The highest BCUT2D eigenvalue weighted by atomic mass is 35.5. The summed E-state index contributed by atoms with van der Waals surface area (Å²) >= 11 is 5.87. The van der Waals surface area contributed by atoms with Gasteiger partial charge >= 0.3 is 0 Å². The van der Waals surface area contributed by atoms with Crippen molar-refractivity contribution in [3.63, 3.8) is 0 Å². The molecule has 1 aromatic carbocycles.